The molecule has 0 bridgehead atoms. The molecule has 4 N–H and O–H groups in total. The summed E-state index contributed by atoms with van der Waals surface area (Å²) < 4.78 is 0. The molecule has 11 heavy (non-hydrogen) atoms. The van der Waals surface area contributed by atoms with Crippen LogP contribution in [0, 0.1) is 0 Å². The molecule has 1 rings (SSSR count). The summed E-state index contributed by atoms with van der Waals surface area (Å²) in [4.78, 5) is 4.00. The Balaban J connectivity index is 2.56. The second-order valence-corrected chi connectivity index (χ2v) is 2.38. The standard InChI is InChI=1S/C6H13N5/c1-2-3-5(10-7)6-8-4-9-11-6/h4-5,10H,2-3,7H2,1H3,(H,8,9,11). The lowest BCUT2D eigenvalue weighted by molar-refractivity contribution is 0.487. The fourth-order valence-electron chi connectivity index (χ4n) is 0.970. The van der Waals surface area contributed by atoms with E-state index in [9.17, 15) is 0 Å². The Labute approximate surface area is 65.4 Å². The molecule has 5 heteroatoms. The van der Waals surface area contributed by atoms with Crippen LogP contribution in [0.2, 0.25) is 0 Å². The van der Waals surface area contributed by atoms with Crippen molar-refractivity contribution in [1.82, 2.24) is 20.6 Å². The molecule has 0 saturated heterocycles. The largest absolute Gasteiger partial charge is 0.271 e. The lowest BCUT2D eigenvalue weighted by atomic mass is 10.2. The predicted molar refractivity (Wildman–Crippen MR) is 41.4 cm³/mol. The molecule has 1 aromatic rings. The van der Waals surface area contributed by atoms with Crippen molar-refractivity contribution >= 4 is 0 Å². The van der Waals surface area contributed by atoms with Crippen LogP contribution in [0.15, 0.2) is 6.33 Å². The molecule has 0 aromatic carbocycles. The highest BCUT2D eigenvalue weighted by atomic mass is 15.3. The molecule has 0 radical (unpaired) electrons. The Kier molecular flexibility index (Phi) is 3.00. The van der Waals surface area contributed by atoms with Gasteiger partial charge in [-0.25, -0.2) is 10.4 Å². The zero-order valence-corrected chi connectivity index (χ0v) is 6.54. The zero-order valence-electron chi connectivity index (χ0n) is 6.54. The molecular formula is C6H13N5. The molecule has 0 aliphatic carbocycles. The maximum Gasteiger partial charge on any atom is 0.142 e. The quantitative estimate of drug-likeness (QED) is 0.426. The van der Waals surface area contributed by atoms with Gasteiger partial charge in [0.2, 0.25) is 0 Å². The van der Waals surface area contributed by atoms with Crippen LogP contribution in [-0.2, 0) is 0 Å². The number of hydrogen-bond acceptors (Lipinski definition) is 4. The average Bonchev–Trinajstić information content (AvgIpc) is 2.52. The van der Waals surface area contributed by atoms with E-state index in [1.54, 1.807) is 0 Å². The van der Waals surface area contributed by atoms with Crippen LogP contribution in [-0.4, -0.2) is 15.2 Å². The summed E-state index contributed by atoms with van der Waals surface area (Å²) in [6.45, 7) is 2.10. The topological polar surface area (TPSA) is 79.6 Å². The smallest absolute Gasteiger partial charge is 0.142 e. The molecule has 62 valence electrons. The van der Waals surface area contributed by atoms with Gasteiger partial charge in [-0.3, -0.25) is 10.9 Å². The first kappa shape index (κ1) is 8.16. The van der Waals surface area contributed by atoms with Gasteiger partial charge in [0.15, 0.2) is 0 Å². The monoisotopic (exact) mass is 155 g/mol. The summed E-state index contributed by atoms with van der Waals surface area (Å²) in [5.41, 5.74) is 2.67. The lowest BCUT2D eigenvalue weighted by Gasteiger charge is -2.10. The van der Waals surface area contributed by atoms with Crippen molar-refractivity contribution < 1.29 is 0 Å². The molecule has 5 nitrogen and oxygen atoms in total. The number of nitrogens with two attached hydrogens (primary N) is 1. The second kappa shape index (κ2) is 4.05. The molecule has 0 saturated carbocycles. The Bertz CT molecular complexity index is 183. The maximum atomic E-state index is 5.31. The maximum absolute atomic E-state index is 5.31. The van der Waals surface area contributed by atoms with Crippen molar-refractivity contribution in [2.24, 2.45) is 5.84 Å². The number of nitrogens with one attached hydrogen (secondary N) is 2. The molecule has 0 fully saturated rings. The van der Waals surface area contributed by atoms with Crippen molar-refractivity contribution in [1.29, 1.82) is 0 Å². The highest BCUT2D eigenvalue weighted by Gasteiger charge is 2.09. The third-order valence-electron chi connectivity index (χ3n) is 1.54. The van der Waals surface area contributed by atoms with Crippen LogP contribution < -0.4 is 11.3 Å². The van der Waals surface area contributed by atoms with E-state index < -0.39 is 0 Å². The SMILES string of the molecule is CCCC(NN)c1ncn[nH]1. The number of aromatic nitrogens is 3. The summed E-state index contributed by atoms with van der Waals surface area (Å²) in [5.74, 6) is 6.11. The molecule has 1 unspecified atom stereocenters. The molecular weight excluding hydrogens is 142 g/mol. The van der Waals surface area contributed by atoms with E-state index >= 15 is 0 Å². The lowest BCUT2D eigenvalue weighted by Crippen LogP contribution is -2.28. The summed E-state index contributed by atoms with van der Waals surface area (Å²) in [6.07, 6.45) is 3.51. The predicted octanol–water partition coefficient (Wildman–Crippen LogP) is 0.109. The second-order valence-electron chi connectivity index (χ2n) is 2.38. The highest BCUT2D eigenvalue weighted by molar-refractivity contribution is 4.89. The molecule has 1 heterocycles. The van der Waals surface area contributed by atoms with Crippen LogP contribution in [0.4, 0.5) is 0 Å². The molecule has 1 aromatic heterocycles. The molecule has 0 amide bonds. The van der Waals surface area contributed by atoms with Gasteiger partial charge < -0.3 is 0 Å². The van der Waals surface area contributed by atoms with Crippen LogP contribution in [0.3, 0.4) is 0 Å². The molecule has 1 atom stereocenters. The molecule has 0 aliphatic rings. The molecule has 0 aliphatic heterocycles. The average molecular weight is 155 g/mol. The van der Waals surface area contributed by atoms with E-state index in [2.05, 4.69) is 27.5 Å². The number of hydrogen-bond donors (Lipinski definition) is 3. The van der Waals surface area contributed by atoms with Crippen LogP contribution >= 0.6 is 0 Å². The third kappa shape index (κ3) is 1.99. The fourth-order valence-corrected chi connectivity index (χ4v) is 0.970. The van der Waals surface area contributed by atoms with Crippen molar-refractivity contribution in [3.8, 4) is 0 Å². The van der Waals surface area contributed by atoms with Gasteiger partial charge >= 0.3 is 0 Å². The van der Waals surface area contributed by atoms with E-state index in [1.165, 1.54) is 6.33 Å². The Morgan fingerprint density at radius 1 is 1.82 bits per heavy atom. The first-order valence-electron chi connectivity index (χ1n) is 3.69. The van der Waals surface area contributed by atoms with Gasteiger partial charge in [-0.15, -0.1) is 0 Å². The summed E-state index contributed by atoms with van der Waals surface area (Å²) in [5, 5.41) is 6.51. The van der Waals surface area contributed by atoms with Gasteiger partial charge in [-0.2, -0.15) is 5.10 Å². The van der Waals surface area contributed by atoms with Crippen LogP contribution in [0.1, 0.15) is 31.6 Å². The number of aromatic amines is 1. The minimum Gasteiger partial charge on any atom is -0.271 e. The van der Waals surface area contributed by atoms with E-state index in [1.807, 2.05) is 0 Å². The minimum absolute atomic E-state index is 0.0995. The summed E-state index contributed by atoms with van der Waals surface area (Å²) >= 11 is 0. The fraction of sp³-hybridized carbons (Fsp3) is 0.667. The Morgan fingerprint density at radius 2 is 2.64 bits per heavy atom. The highest BCUT2D eigenvalue weighted by Crippen LogP contribution is 2.10. The van der Waals surface area contributed by atoms with Crippen molar-refractivity contribution in [2.75, 3.05) is 0 Å². The van der Waals surface area contributed by atoms with E-state index in [4.69, 9.17) is 5.84 Å². The Morgan fingerprint density at radius 3 is 3.09 bits per heavy atom. The summed E-state index contributed by atoms with van der Waals surface area (Å²) in [6, 6.07) is 0.0995. The van der Waals surface area contributed by atoms with E-state index in [-0.39, 0.29) is 6.04 Å². The zero-order chi connectivity index (χ0) is 8.10. The van der Waals surface area contributed by atoms with Gasteiger partial charge in [-0.1, -0.05) is 13.3 Å². The number of nitrogens with zero attached hydrogens (tertiary/aromatic N) is 2. The van der Waals surface area contributed by atoms with Gasteiger partial charge in [0.1, 0.15) is 12.2 Å². The van der Waals surface area contributed by atoms with Gasteiger partial charge in [0.25, 0.3) is 0 Å². The summed E-state index contributed by atoms with van der Waals surface area (Å²) in [7, 11) is 0. The first-order chi connectivity index (χ1) is 5.38. The van der Waals surface area contributed by atoms with Crippen LogP contribution in [0.25, 0.3) is 0 Å². The van der Waals surface area contributed by atoms with Gasteiger partial charge in [0.05, 0.1) is 6.04 Å². The van der Waals surface area contributed by atoms with Crippen molar-refractivity contribution in [3.63, 3.8) is 0 Å². The van der Waals surface area contributed by atoms with Crippen LogP contribution in [0.5, 0.6) is 0 Å². The normalized spacial score (nSPS) is 13.3. The number of rotatable bonds is 4. The molecule has 0 spiro atoms. The third-order valence-corrected chi connectivity index (χ3v) is 1.54. The first-order valence-corrected chi connectivity index (χ1v) is 3.69. The van der Waals surface area contributed by atoms with E-state index in [0.717, 1.165) is 18.7 Å². The van der Waals surface area contributed by atoms with Crippen molar-refractivity contribution in [2.45, 2.75) is 25.8 Å². The van der Waals surface area contributed by atoms with Gasteiger partial charge in [0, 0.05) is 0 Å². The minimum atomic E-state index is 0.0995. The number of hydrazine groups is 1. The van der Waals surface area contributed by atoms with Gasteiger partial charge in [-0.05, 0) is 6.42 Å². The van der Waals surface area contributed by atoms with Crippen molar-refractivity contribution in [3.05, 3.63) is 12.2 Å². The Hall–Kier alpha value is -0.940. The van der Waals surface area contributed by atoms with E-state index in [0.29, 0.717) is 0 Å². The number of H-pyrrole nitrogens is 1.